The maximum Gasteiger partial charge on any atom is 0.305 e. The number of nitrogens with zero attached hydrogens (tertiary/aromatic N) is 2. The van der Waals surface area contributed by atoms with Crippen LogP contribution in [0.4, 0.5) is 10.1 Å². The van der Waals surface area contributed by atoms with E-state index < -0.39 is 28.3 Å². The molecule has 1 N–H and O–H groups in total. The van der Waals surface area contributed by atoms with Gasteiger partial charge in [-0.15, -0.1) is 0 Å². The quantitative estimate of drug-likeness (QED) is 0.640. The molecule has 114 valence electrons. The molecule has 8 heteroatoms. The highest BCUT2D eigenvalue weighted by molar-refractivity contribution is 5.95. The van der Waals surface area contributed by atoms with Crippen LogP contribution in [0.1, 0.15) is 30.6 Å². The van der Waals surface area contributed by atoms with Gasteiger partial charge in [0, 0.05) is 18.7 Å². The van der Waals surface area contributed by atoms with E-state index in [0.717, 1.165) is 12.1 Å². The average Bonchev–Trinajstić information content (AvgIpc) is 2.37. The number of hydrogen-bond acceptors (Lipinski definition) is 4. The molecule has 0 heterocycles. The normalized spacial score (nSPS) is 10.5. The number of non-ortho nitro benzene ring substituents is 1. The number of hydrogen-bond donors (Lipinski definition) is 1. The summed E-state index contributed by atoms with van der Waals surface area (Å²) in [6.07, 6.45) is -0.265. The second-order valence-corrected chi connectivity index (χ2v) is 4.66. The molecule has 0 aliphatic rings. The van der Waals surface area contributed by atoms with Gasteiger partial charge in [-0.25, -0.2) is 4.39 Å². The lowest BCUT2D eigenvalue weighted by molar-refractivity contribution is -0.385. The molecule has 1 amide bonds. The number of carbonyl (C=O) groups excluding carboxylic acids is 1. The van der Waals surface area contributed by atoms with Gasteiger partial charge in [0.15, 0.2) is 0 Å². The van der Waals surface area contributed by atoms with E-state index in [9.17, 15) is 24.1 Å². The number of amides is 1. The van der Waals surface area contributed by atoms with E-state index in [2.05, 4.69) is 0 Å². The first-order chi connectivity index (χ1) is 9.73. The number of carbonyl (C=O) groups is 2. The summed E-state index contributed by atoms with van der Waals surface area (Å²) < 4.78 is 13.8. The van der Waals surface area contributed by atoms with Crippen molar-refractivity contribution in [2.75, 3.05) is 6.54 Å². The fourth-order valence-corrected chi connectivity index (χ4v) is 1.76. The minimum absolute atomic E-state index is 0.0672. The maximum absolute atomic E-state index is 13.8. The highest BCUT2D eigenvalue weighted by Crippen LogP contribution is 2.19. The van der Waals surface area contributed by atoms with Gasteiger partial charge in [-0.2, -0.15) is 0 Å². The molecule has 0 aromatic heterocycles. The fourth-order valence-electron chi connectivity index (χ4n) is 1.76. The number of carboxylic acid groups (broad SMARTS) is 1. The van der Waals surface area contributed by atoms with Gasteiger partial charge in [0.1, 0.15) is 5.82 Å². The zero-order chi connectivity index (χ0) is 16.2. The van der Waals surface area contributed by atoms with Crippen LogP contribution < -0.4 is 0 Å². The number of benzene rings is 1. The average molecular weight is 298 g/mol. The second kappa shape index (κ2) is 6.78. The molecular formula is C13H15FN2O5. The van der Waals surface area contributed by atoms with Crippen molar-refractivity contribution in [3.8, 4) is 0 Å². The lowest BCUT2D eigenvalue weighted by Gasteiger charge is -2.26. The molecule has 0 fully saturated rings. The van der Waals surface area contributed by atoms with Crippen LogP contribution in [0.5, 0.6) is 0 Å². The van der Waals surface area contributed by atoms with E-state index in [0.29, 0.717) is 6.07 Å². The number of aliphatic carboxylic acids is 1. The van der Waals surface area contributed by atoms with Crippen molar-refractivity contribution >= 4 is 17.6 Å². The van der Waals surface area contributed by atoms with Gasteiger partial charge in [-0.1, -0.05) is 0 Å². The standard InChI is InChI=1S/C13H15FN2O5/c1-8(2)15(6-5-12(17)18)13(19)10-4-3-9(16(20)21)7-11(10)14/h3-4,7-8H,5-6H2,1-2H3,(H,17,18). The van der Waals surface area contributed by atoms with Crippen LogP contribution >= 0.6 is 0 Å². The third kappa shape index (κ3) is 4.23. The Balaban J connectivity index is 3.03. The minimum atomic E-state index is -1.07. The summed E-state index contributed by atoms with van der Waals surface area (Å²) in [5.41, 5.74) is -0.773. The van der Waals surface area contributed by atoms with Crippen LogP contribution in [0.3, 0.4) is 0 Å². The number of halogens is 1. The van der Waals surface area contributed by atoms with E-state index in [1.807, 2.05) is 0 Å². The van der Waals surface area contributed by atoms with Crippen molar-refractivity contribution < 1.29 is 24.0 Å². The van der Waals surface area contributed by atoms with E-state index >= 15 is 0 Å². The fraction of sp³-hybridized carbons (Fsp3) is 0.385. The Labute approximate surface area is 120 Å². The molecule has 0 aliphatic heterocycles. The van der Waals surface area contributed by atoms with Crippen molar-refractivity contribution in [2.45, 2.75) is 26.3 Å². The van der Waals surface area contributed by atoms with Crippen molar-refractivity contribution in [3.05, 3.63) is 39.7 Å². The van der Waals surface area contributed by atoms with Crippen LogP contribution in [0.15, 0.2) is 18.2 Å². The molecule has 0 aliphatic carbocycles. The predicted octanol–water partition coefficient (Wildman–Crippen LogP) is 2.06. The lowest BCUT2D eigenvalue weighted by atomic mass is 10.1. The van der Waals surface area contributed by atoms with Crippen LogP contribution in [-0.2, 0) is 4.79 Å². The Morgan fingerprint density at radius 1 is 1.43 bits per heavy atom. The molecule has 0 atom stereocenters. The first-order valence-corrected chi connectivity index (χ1v) is 6.20. The van der Waals surface area contributed by atoms with Crippen molar-refractivity contribution in [1.29, 1.82) is 0 Å². The summed E-state index contributed by atoms with van der Waals surface area (Å²) in [5, 5.41) is 19.2. The largest absolute Gasteiger partial charge is 0.481 e. The van der Waals surface area contributed by atoms with E-state index in [1.54, 1.807) is 13.8 Å². The minimum Gasteiger partial charge on any atom is -0.481 e. The van der Waals surface area contributed by atoms with E-state index in [-0.39, 0.29) is 24.6 Å². The topological polar surface area (TPSA) is 101 Å². The predicted molar refractivity (Wildman–Crippen MR) is 71.5 cm³/mol. The Morgan fingerprint density at radius 2 is 2.05 bits per heavy atom. The molecule has 1 aromatic rings. The monoisotopic (exact) mass is 298 g/mol. The summed E-state index contributed by atoms with van der Waals surface area (Å²) in [5.74, 6) is -2.77. The Hall–Kier alpha value is -2.51. The summed E-state index contributed by atoms with van der Waals surface area (Å²) in [6, 6.07) is 2.41. The molecule has 21 heavy (non-hydrogen) atoms. The van der Waals surface area contributed by atoms with Gasteiger partial charge in [0.25, 0.3) is 11.6 Å². The SMILES string of the molecule is CC(C)N(CCC(=O)O)C(=O)c1ccc([N+](=O)[O-])cc1F. The maximum atomic E-state index is 13.8. The summed E-state index contributed by atoms with van der Waals surface area (Å²) in [7, 11) is 0. The molecule has 0 radical (unpaired) electrons. The molecule has 7 nitrogen and oxygen atoms in total. The van der Waals surface area contributed by atoms with Gasteiger partial charge in [0.2, 0.25) is 0 Å². The van der Waals surface area contributed by atoms with Gasteiger partial charge < -0.3 is 10.0 Å². The van der Waals surface area contributed by atoms with Gasteiger partial charge in [-0.05, 0) is 19.9 Å². The number of rotatable bonds is 6. The van der Waals surface area contributed by atoms with Crippen LogP contribution in [0.25, 0.3) is 0 Å². The first-order valence-electron chi connectivity index (χ1n) is 6.20. The molecule has 1 rings (SSSR count). The summed E-state index contributed by atoms with van der Waals surface area (Å²) in [6.45, 7) is 3.27. The molecule has 0 saturated carbocycles. The Bertz CT molecular complexity index is 574. The highest BCUT2D eigenvalue weighted by Gasteiger charge is 2.23. The molecule has 0 bridgehead atoms. The molecule has 0 spiro atoms. The molecule has 0 unspecified atom stereocenters. The number of nitro benzene ring substituents is 1. The number of carboxylic acids is 1. The van der Waals surface area contributed by atoms with Crippen molar-refractivity contribution in [3.63, 3.8) is 0 Å². The lowest BCUT2D eigenvalue weighted by Crippen LogP contribution is -2.38. The summed E-state index contributed by atoms with van der Waals surface area (Å²) in [4.78, 5) is 33.8. The molecule has 0 saturated heterocycles. The van der Waals surface area contributed by atoms with E-state index in [4.69, 9.17) is 5.11 Å². The molecular weight excluding hydrogens is 283 g/mol. The second-order valence-electron chi connectivity index (χ2n) is 4.66. The van der Waals surface area contributed by atoms with Crippen LogP contribution in [-0.4, -0.2) is 39.4 Å². The number of nitro groups is 1. The van der Waals surface area contributed by atoms with Crippen LogP contribution in [0.2, 0.25) is 0 Å². The zero-order valence-corrected chi connectivity index (χ0v) is 11.6. The van der Waals surface area contributed by atoms with Gasteiger partial charge in [-0.3, -0.25) is 19.7 Å². The Kier molecular flexibility index (Phi) is 5.34. The first kappa shape index (κ1) is 16.5. The smallest absolute Gasteiger partial charge is 0.305 e. The third-order valence-electron chi connectivity index (χ3n) is 2.84. The van der Waals surface area contributed by atoms with Crippen molar-refractivity contribution in [2.24, 2.45) is 0 Å². The van der Waals surface area contributed by atoms with Crippen LogP contribution in [0, 0.1) is 15.9 Å². The third-order valence-corrected chi connectivity index (χ3v) is 2.84. The van der Waals surface area contributed by atoms with Gasteiger partial charge in [0.05, 0.1) is 23.0 Å². The van der Waals surface area contributed by atoms with E-state index in [1.165, 1.54) is 4.90 Å². The highest BCUT2D eigenvalue weighted by atomic mass is 19.1. The summed E-state index contributed by atoms with van der Waals surface area (Å²) >= 11 is 0. The van der Waals surface area contributed by atoms with Gasteiger partial charge >= 0.3 is 5.97 Å². The van der Waals surface area contributed by atoms with Crippen molar-refractivity contribution in [1.82, 2.24) is 4.90 Å². The molecule has 1 aromatic carbocycles. The zero-order valence-electron chi connectivity index (χ0n) is 11.6. The Morgan fingerprint density at radius 3 is 2.48 bits per heavy atom.